The average molecular weight is 520 g/mol. The fourth-order valence-corrected chi connectivity index (χ4v) is 4.44. The van der Waals surface area contributed by atoms with Gasteiger partial charge in [-0.15, -0.1) is 0 Å². The van der Waals surface area contributed by atoms with Gasteiger partial charge < -0.3 is 15.3 Å². The van der Waals surface area contributed by atoms with Crippen molar-refractivity contribution in [2.75, 3.05) is 19.4 Å². The van der Waals surface area contributed by atoms with E-state index in [9.17, 15) is 9.59 Å². The molecule has 4 rings (SSSR count). The van der Waals surface area contributed by atoms with E-state index in [1.807, 2.05) is 80.8 Å². The maximum absolute atomic E-state index is 13.1. The molecule has 0 bridgehead atoms. The molecule has 0 saturated heterocycles. The van der Waals surface area contributed by atoms with Gasteiger partial charge in [0.25, 0.3) is 0 Å². The van der Waals surface area contributed by atoms with Crippen molar-refractivity contribution >= 4 is 44.9 Å². The molecule has 1 heterocycles. The van der Waals surface area contributed by atoms with Crippen LogP contribution in [0.4, 0.5) is 11.4 Å². The van der Waals surface area contributed by atoms with Crippen LogP contribution in [-0.4, -0.2) is 41.7 Å². The predicted molar refractivity (Wildman–Crippen MR) is 138 cm³/mol. The summed E-state index contributed by atoms with van der Waals surface area (Å²) in [6, 6.07) is 21.4. The highest BCUT2D eigenvalue weighted by atomic mass is 79.9. The van der Waals surface area contributed by atoms with Gasteiger partial charge in [-0.1, -0.05) is 58.4 Å². The molecule has 1 unspecified atom stereocenters. The number of carboxylic acid groups (broad SMARTS) is 1. The molecular weight excluding hydrogens is 494 g/mol. The van der Waals surface area contributed by atoms with Crippen molar-refractivity contribution < 1.29 is 14.7 Å². The Morgan fingerprint density at radius 1 is 1.03 bits per heavy atom. The number of fused-ring (bicyclic) bond motifs is 1. The molecule has 0 aromatic heterocycles. The summed E-state index contributed by atoms with van der Waals surface area (Å²) >= 11 is 3.47. The molecule has 2 N–H and O–H groups in total. The monoisotopic (exact) mass is 519 g/mol. The molecule has 3 aromatic carbocycles. The first-order valence-corrected chi connectivity index (χ1v) is 11.8. The molecule has 34 heavy (non-hydrogen) atoms. The summed E-state index contributed by atoms with van der Waals surface area (Å²) in [5.74, 6) is -1.49. The third-order valence-corrected chi connectivity index (χ3v) is 6.18. The normalized spacial score (nSPS) is 15.4. The lowest BCUT2D eigenvalue weighted by Gasteiger charge is -2.15. The van der Waals surface area contributed by atoms with Gasteiger partial charge in [-0.25, -0.2) is 0 Å². The number of carboxylic acids is 1. The van der Waals surface area contributed by atoms with Crippen molar-refractivity contribution in [2.24, 2.45) is 4.99 Å². The molecule has 1 atom stereocenters. The van der Waals surface area contributed by atoms with Gasteiger partial charge in [-0.2, -0.15) is 0 Å². The topological polar surface area (TPSA) is 82.0 Å². The number of benzene rings is 3. The minimum atomic E-state index is -0.825. The smallest absolute Gasteiger partial charge is 0.303 e. The third kappa shape index (κ3) is 5.61. The zero-order valence-corrected chi connectivity index (χ0v) is 20.7. The molecule has 1 aliphatic heterocycles. The van der Waals surface area contributed by atoms with E-state index in [2.05, 4.69) is 26.1 Å². The van der Waals surface area contributed by atoms with Crippen LogP contribution in [0.3, 0.4) is 0 Å². The maximum atomic E-state index is 13.1. The molecular formula is C27H26BrN3O3. The third-order valence-electron chi connectivity index (χ3n) is 5.68. The molecule has 3 aromatic rings. The van der Waals surface area contributed by atoms with Crippen molar-refractivity contribution in [1.82, 2.24) is 4.90 Å². The zero-order chi connectivity index (χ0) is 24.2. The number of nitrogens with one attached hydrogen (secondary N) is 1. The summed E-state index contributed by atoms with van der Waals surface area (Å²) in [6.45, 7) is 0.835. The number of hydrogen-bond donors (Lipinski definition) is 2. The van der Waals surface area contributed by atoms with Gasteiger partial charge in [0, 0.05) is 23.1 Å². The average Bonchev–Trinajstić information content (AvgIpc) is 3.11. The first-order chi connectivity index (χ1) is 16.3. The summed E-state index contributed by atoms with van der Waals surface area (Å²) in [5.41, 5.74) is 6.02. The van der Waals surface area contributed by atoms with Crippen molar-refractivity contribution in [3.05, 3.63) is 93.5 Å². The van der Waals surface area contributed by atoms with Gasteiger partial charge in [-0.3, -0.25) is 14.6 Å². The molecule has 0 fully saturated rings. The highest BCUT2D eigenvalue weighted by molar-refractivity contribution is 9.10. The molecule has 1 amide bonds. The lowest BCUT2D eigenvalue weighted by atomic mass is 9.90. The number of rotatable bonds is 8. The number of halogens is 1. The van der Waals surface area contributed by atoms with E-state index < -0.39 is 11.9 Å². The van der Waals surface area contributed by atoms with Crippen LogP contribution in [0, 0.1) is 0 Å². The molecule has 1 aliphatic rings. The molecule has 174 valence electrons. The van der Waals surface area contributed by atoms with Crippen molar-refractivity contribution in [3.63, 3.8) is 0 Å². The lowest BCUT2D eigenvalue weighted by molar-refractivity contribution is -0.137. The maximum Gasteiger partial charge on any atom is 0.303 e. The van der Waals surface area contributed by atoms with Crippen molar-refractivity contribution in [1.29, 1.82) is 0 Å². The molecule has 0 saturated carbocycles. The van der Waals surface area contributed by atoms with E-state index in [0.717, 1.165) is 39.1 Å². The molecule has 0 aliphatic carbocycles. The fourth-order valence-electron chi connectivity index (χ4n) is 4.08. The Morgan fingerprint density at radius 2 is 1.71 bits per heavy atom. The molecule has 6 nitrogen and oxygen atoms in total. The summed E-state index contributed by atoms with van der Waals surface area (Å²) in [6.07, 6.45) is 0.531. The number of aryl methyl sites for hydroxylation is 1. The molecule has 0 spiro atoms. The Balaban J connectivity index is 1.74. The second-order valence-corrected chi connectivity index (χ2v) is 9.56. The van der Waals surface area contributed by atoms with Gasteiger partial charge in [0.15, 0.2) is 0 Å². The number of carbonyl (C=O) groups is 2. The second kappa shape index (κ2) is 10.3. The quantitative estimate of drug-likeness (QED) is 0.391. The summed E-state index contributed by atoms with van der Waals surface area (Å²) in [5, 5.41) is 11.9. The fraction of sp³-hybridized carbons (Fsp3) is 0.222. The minimum Gasteiger partial charge on any atom is -0.481 e. The summed E-state index contributed by atoms with van der Waals surface area (Å²) < 4.78 is 0.893. The largest absolute Gasteiger partial charge is 0.481 e. The van der Waals surface area contributed by atoms with Crippen LogP contribution in [0.5, 0.6) is 0 Å². The summed E-state index contributed by atoms with van der Waals surface area (Å²) in [7, 11) is 4.05. The van der Waals surface area contributed by atoms with Gasteiger partial charge in [0.1, 0.15) is 5.92 Å². The number of nitrogens with zero attached hydrogens (tertiary/aromatic N) is 2. The van der Waals surface area contributed by atoms with Crippen LogP contribution in [0.15, 0.2) is 76.2 Å². The van der Waals surface area contributed by atoms with Gasteiger partial charge in [0.2, 0.25) is 5.91 Å². The number of aliphatic carboxylic acids is 1. The van der Waals surface area contributed by atoms with E-state index >= 15 is 0 Å². The van der Waals surface area contributed by atoms with E-state index in [0.29, 0.717) is 12.1 Å². The Morgan fingerprint density at radius 3 is 2.35 bits per heavy atom. The summed E-state index contributed by atoms with van der Waals surface area (Å²) in [4.78, 5) is 31.1. The molecule has 7 heteroatoms. The molecule has 0 radical (unpaired) electrons. The van der Waals surface area contributed by atoms with E-state index in [4.69, 9.17) is 10.1 Å². The van der Waals surface area contributed by atoms with Gasteiger partial charge >= 0.3 is 5.97 Å². The predicted octanol–water partition coefficient (Wildman–Crippen LogP) is 5.38. The van der Waals surface area contributed by atoms with E-state index in [1.54, 1.807) is 0 Å². The van der Waals surface area contributed by atoms with Crippen LogP contribution >= 0.6 is 15.9 Å². The number of hydrogen-bond acceptors (Lipinski definition) is 4. The minimum absolute atomic E-state index is 0.0763. The van der Waals surface area contributed by atoms with Gasteiger partial charge in [-0.05, 0) is 67.0 Å². The Kier molecular flexibility index (Phi) is 7.24. The van der Waals surface area contributed by atoms with E-state index in [1.165, 1.54) is 5.56 Å². The van der Waals surface area contributed by atoms with Crippen LogP contribution < -0.4 is 5.32 Å². The highest BCUT2D eigenvalue weighted by Gasteiger charge is 2.35. The lowest BCUT2D eigenvalue weighted by Crippen LogP contribution is -2.22. The number of carbonyl (C=O) groups excluding carboxylic acids is 1. The highest BCUT2D eigenvalue weighted by Crippen LogP contribution is 2.37. The van der Waals surface area contributed by atoms with Crippen LogP contribution in [0.1, 0.15) is 34.6 Å². The van der Waals surface area contributed by atoms with Crippen LogP contribution in [-0.2, 0) is 22.6 Å². The van der Waals surface area contributed by atoms with Crippen molar-refractivity contribution in [3.8, 4) is 0 Å². The van der Waals surface area contributed by atoms with Crippen molar-refractivity contribution in [2.45, 2.75) is 25.3 Å². The van der Waals surface area contributed by atoms with Gasteiger partial charge in [0.05, 0.1) is 11.4 Å². The Hall–Kier alpha value is -3.29. The van der Waals surface area contributed by atoms with Crippen LogP contribution in [0.25, 0.3) is 0 Å². The number of anilines is 1. The standard InChI is InChI=1S/C27H26BrN3O3/c1-31(2)16-18-5-11-21(12-6-18)29-26(19-8-3-17(4-9-19)7-14-24(32)33)25-22-13-10-20(28)15-23(22)30-27(25)34/h3-6,8-13,15,25H,7,14,16H2,1-2H3,(H,30,34)(H,32,33). The second-order valence-electron chi connectivity index (χ2n) is 8.65. The zero-order valence-electron chi connectivity index (χ0n) is 19.1. The van der Waals surface area contributed by atoms with E-state index in [-0.39, 0.29) is 12.3 Å². The number of amides is 1. The van der Waals surface area contributed by atoms with Crippen LogP contribution in [0.2, 0.25) is 0 Å². The first-order valence-electron chi connectivity index (χ1n) is 11.0. The first kappa shape index (κ1) is 23.9. The SMILES string of the molecule is CN(C)Cc1ccc(N=C(c2ccc(CCC(=O)O)cc2)C2C(=O)Nc3cc(Br)ccc32)cc1. The Labute approximate surface area is 207 Å². The number of aliphatic imine (C=N–C) groups is 1. The Bertz CT molecular complexity index is 1230.